The summed E-state index contributed by atoms with van der Waals surface area (Å²) in [5, 5.41) is 3.67. The van der Waals surface area contributed by atoms with Crippen LogP contribution in [-0.4, -0.2) is 26.4 Å². The standard InChI is InChI=1S/C17H27NO2/c1-5-8-18-17(15-7-6-9-20-15)14-10-13(3)16(19-4)11-12(14)2/h10-11,15,17-18H,5-9H2,1-4H3. The molecule has 2 unspecified atom stereocenters. The smallest absolute Gasteiger partial charge is 0.122 e. The van der Waals surface area contributed by atoms with Gasteiger partial charge in [0.2, 0.25) is 0 Å². The molecule has 0 aromatic heterocycles. The summed E-state index contributed by atoms with van der Waals surface area (Å²) in [6.07, 6.45) is 3.75. The molecule has 0 saturated carbocycles. The van der Waals surface area contributed by atoms with Gasteiger partial charge < -0.3 is 14.8 Å². The molecule has 2 rings (SSSR count). The molecule has 1 fully saturated rings. The van der Waals surface area contributed by atoms with E-state index in [1.807, 2.05) is 0 Å². The van der Waals surface area contributed by atoms with Crippen LogP contribution in [0.2, 0.25) is 0 Å². The van der Waals surface area contributed by atoms with Crippen molar-refractivity contribution in [2.24, 2.45) is 0 Å². The van der Waals surface area contributed by atoms with Crippen molar-refractivity contribution < 1.29 is 9.47 Å². The first kappa shape index (κ1) is 15.3. The van der Waals surface area contributed by atoms with E-state index < -0.39 is 0 Å². The molecule has 1 aromatic rings. The van der Waals surface area contributed by atoms with Crippen molar-refractivity contribution in [1.82, 2.24) is 5.32 Å². The van der Waals surface area contributed by atoms with Crippen molar-refractivity contribution >= 4 is 0 Å². The Balaban J connectivity index is 2.29. The van der Waals surface area contributed by atoms with Crippen molar-refractivity contribution in [1.29, 1.82) is 0 Å². The average Bonchev–Trinajstić information content (AvgIpc) is 2.96. The minimum absolute atomic E-state index is 0.294. The molecule has 3 nitrogen and oxygen atoms in total. The topological polar surface area (TPSA) is 30.5 Å². The summed E-state index contributed by atoms with van der Waals surface area (Å²) < 4.78 is 11.3. The van der Waals surface area contributed by atoms with E-state index in [4.69, 9.17) is 9.47 Å². The molecule has 1 heterocycles. The van der Waals surface area contributed by atoms with Gasteiger partial charge in [0.15, 0.2) is 0 Å². The third kappa shape index (κ3) is 3.33. The summed E-state index contributed by atoms with van der Waals surface area (Å²) in [4.78, 5) is 0. The Bertz CT molecular complexity index is 439. The van der Waals surface area contributed by atoms with Crippen molar-refractivity contribution in [3.05, 3.63) is 28.8 Å². The number of methoxy groups -OCH3 is 1. The van der Waals surface area contributed by atoms with Gasteiger partial charge in [-0.3, -0.25) is 0 Å². The van der Waals surface area contributed by atoms with Crippen molar-refractivity contribution in [2.75, 3.05) is 20.3 Å². The van der Waals surface area contributed by atoms with E-state index in [1.165, 1.54) is 23.1 Å². The number of benzene rings is 1. The van der Waals surface area contributed by atoms with Gasteiger partial charge in [-0.25, -0.2) is 0 Å². The first-order chi connectivity index (χ1) is 9.67. The largest absolute Gasteiger partial charge is 0.496 e. The highest BCUT2D eigenvalue weighted by molar-refractivity contribution is 5.43. The fourth-order valence-electron chi connectivity index (χ4n) is 2.97. The second kappa shape index (κ2) is 7.09. The Labute approximate surface area is 122 Å². The second-order valence-corrected chi connectivity index (χ2v) is 5.66. The number of hydrogen-bond donors (Lipinski definition) is 1. The zero-order chi connectivity index (χ0) is 14.5. The lowest BCUT2D eigenvalue weighted by Crippen LogP contribution is -2.32. The molecule has 1 aliphatic rings. The Morgan fingerprint density at radius 1 is 1.35 bits per heavy atom. The molecule has 1 N–H and O–H groups in total. The molecule has 1 aromatic carbocycles. The maximum Gasteiger partial charge on any atom is 0.122 e. The Hall–Kier alpha value is -1.06. The SMILES string of the molecule is CCCNC(c1cc(C)c(OC)cc1C)C1CCCO1. The quantitative estimate of drug-likeness (QED) is 0.863. The summed E-state index contributed by atoms with van der Waals surface area (Å²) in [5.41, 5.74) is 3.81. The highest BCUT2D eigenvalue weighted by Crippen LogP contribution is 2.32. The van der Waals surface area contributed by atoms with Crippen LogP contribution in [0.15, 0.2) is 12.1 Å². The van der Waals surface area contributed by atoms with Gasteiger partial charge in [-0.05, 0) is 62.4 Å². The monoisotopic (exact) mass is 277 g/mol. The van der Waals surface area contributed by atoms with Crippen LogP contribution in [0.25, 0.3) is 0 Å². The molecular formula is C17H27NO2. The van der Waals surface area contributed by atoms with Crippen molar-refractivity contribution in [2.45, 2.75) is 52.2 Å². The maximum absolute atomic E-state index is 5.92. The fourth-order valence-corrected chi connectivity index (χ4v) is 2.97. The zero-order valence-corrected chi connectivity index (χ0v) is 13.2. The first-order valence-corrected chi connectivity index (χ1v) is 7.67. The molecule has 112 valence electrons. The predicted molar refractivity (Wildman–Crippen MR) is 82.5 cm³/mol. The molecule has 2 atom stereocenters. The van der Waals surface area contributed by atoms with E-state index in [0.717, 1.165) is 31.7 Å². The molecule has 0 amide bonds. The average molecular weight is 277 g/mol. The van der Waals surface area contributed by atoms with Crippen LogP contribution in [0.1, 0.15) is 48.9 Å². The van der Waals surface area contributed by atoms with E-state index in [-0.39, 0.29) is 0 Å². The summed E-state index contributed by atoms with van der Waals surface area (Å²) in [5.74, 6) is 0.966. The van der Waals surface area contributed by atoms with Gasteiger partial charge >= 0.3 is 0 Å². The van der Waals surface area contributed by atoms with Gasteiger partial charge in [-0.2, -0.15) is 0 Å². The lowest BCUT2D eigenvalue weighted by atomic mass is 9.93. The van der Waals surface area contributed by atoms with Crippen LogP contribution in [0.5, 0.6) is 5.75 Å². The van der Waals surface area contributed by atoms with Gasteiger partial charge in [0.05, 0.1) is 19.3 Å². The van der Waals surface area contributed by atoms with Crippen LogP contribution >= 0.6 is 0 Å². The molecule has 0 aliphatic carbocycles. The van der Waals surface area contributed by atoms with Gasteiger partial charge in [-0.1, -0.05) is 13.0 Å². The summed E-state index contributed by atoms with van der Waals surface area (Å²) >= 11 is 0. The van der Waals surface area contributed by atoms with E-state index >= 15 is 0 Å². The van der Waals surface area contributed by atoms with Crippen molar-refractivity contribution in [3.8, 4) is 5.75 Å². The van der Waals surface area contributed by atoms with E-state index in [9.17, 15) is 0 Å². The number of rotatable bonds is 6. The summed E-state index contributed by atoms with van der Waals surface area (Å²) in [6, 6.07) is 4.69. The number of ether oxygens (including phenoxy) is 2. The van der Waals surface area contributed by atoms with Crippen LogP contribution in [0.4, 0.5) is 0 Å². The molecular weight excluding hydrogens is 250 g/mol. The third-order valence-electron chi connectivity index (χ3n) is 4.07. The first-order valence-electron chi connectivity index (χ1n) is 7.67. The van der Waals surface area contributed by atoms with E-state index in [0.29, 0.717) is 12.1 Å². The Morgan fingerprint density at radius 2 is 2.15 bits per heavy atom. The molecule has 0 radical (unpaired) electrons. The molecule has 20 heavy (non-hydrogen) atoms. The van der Waals surface area contributed by atoms with Gasteiger partial charge in [0, 0.05) is 6.61 Å². The number of aryl methyl sites for hydroxylation is 2. The molecule has 1 saturated heterocycles. The number of hydrogen-bond acceptors (Lipinski definition) is 3. The molecule has 1 aliphatic heterocycles. The van der Waals surface area contributed by atoms with Crippen LogP contribution in [-0.2, 0) is 4.74 Å². The van der Waals surface area contributed by atoms with Crippen LogP contribution in [0, 0.1) is 13.8 Å². The maximum atomic E-state index is 5.92. The van der Waals surface area contributed by atoms with Crippen LogP contribution in [0.3, 0.4) is 0 Å². The fraction of sp³-hybridized carbons (Fsp3) is 0.647. The minimum atomic E-state index is 0.294. The summed E-state index contributed by atoms with van der Waals surface area (Å²) in [6.45, 7) is 8.38. The van der Waals surface area contributed by atoms with Crippen molar-refractivity contribution in [3.63, 3.8) is 0 Å². The normalized spacial score (nSPS) is 20.1. The second-order valence-electron chi connectivity index (χ2n) is 5.66. The van der Waals surface area contributed by atoms with E-state index in [2.05, 4.69) is 38.2 Å². The molecule has 0 spiro atoms. The number of nitrogens with one attached hydrogen (secondary N) is 1. The highest BCUT2D eigenvalue weighted by Gasteiger charge is 2.28. The summed E-state index contributed by atoms with van der Waals surface area (Å²) in [7, 11) is 1.73. The van der Waals surface area contributed by atoms with Gasteiger partial charge in [0.25, 0.3) is 0 Å². The lowest BCUT2D eigenvalue weighted by Gasteiger charge is -2.27. The van der Waals surface area contributed by atoms with E-state index in [1.54, 1.807) is 7.11 Å². The Morgan fingerprint density at radius 3 is 2.75 bits per heavy atom. The van der Waals surface area contributed by atoms with Gasteiger partial charge in [0.1, 0.15) is 5.75 Å². The highest BCUT2D eigenvalue weighted by atomic mass is 16.5. The van der Waals surface area contributed by atoms with Gasteiger partial charge in [-0.15, -0.1) is 0 Å². The minimum Gasteiger partial charge on any atom is -0.496 e. The van der Waals surface area contributed by atoms with Crippen LogP contribution < -0.4 is 10.1 Å². The predicted octanol–water partition coefficient (Wildman–Crippen LogP) is 3.53. The third-order valence-corrected chi connectivity index (χ3v) is 4.07. The molecule has 0 bridgehead atoms. The lowest BCUT2D eigenvalue weighted by molar-refractivity contribution is 0.0781. The zero-order valence-electron chi connectivity index (χ0n) is 13.2. The Kier molecular flexibility index (Phi) is 5.44. The molecule has 3 heteroatoms.